The molecule has 1 fully saturated rings. The fourth-order valence-corrected chi connectivity index (χ4v) is 5.98. The number of sulfonamides is 1. The molecule has 2 heterocycles. The van der Waals surface area contributed by atoms with Crippen LogP contribution in [0.5, 0.6) is 0 Å². The molecule has 1 saturated heterocycles. The molecule has 1 aromatic heterocycles. The second kappa shape index (κ2) is 8.42. The number of nitrogens with zero attached hydrogens (tertiary/aromatic N) is 1. The van der Waals surface area contributed by atoms with Crippen molar-refractivity contribution in [3.05, 3.63) is 40.1 Å². The number of carbonyl (C=O) groups is 2. The Labute approximate surface area is 168 Å². The lowest BCUT2D eigenvalue weighted by atomic mass is 10.1. The van der Waals surface area contributed by atoms with Gasteiger partial charge in [-0.05, 0) is 55.0 Å². The lowest BCUT2D eigenvalue weighted by Gasteiger charge is -2.25. The molecule has 1 aliphatic heterocycles. The first-order valence-electron chi connectivity index (χ1n) is 9.06. The van der Waals surface area contributed by atoms with Gasteiger partial charge in [-0.3, -0.25) is 9.59 Å². The van der Waals surface area contributed by atoms with E-state index < -0.39 is 15.9 Å². The van der Waals surface area contributed by atoms with Crippen molar-refractivity contribution in [2.24, 2.45) is 0 Å². The number of amides is 2. The quantitative estimate of drug-likeness (QED) is 0.773. The van der Waals surface area contributed by atoms with E-state index in [2.05, 4.69) is 10.6 Å². The Morgan fingerprint density at radius 1 is 1.07 bits per heavy atom. The molecule has 28 heavy (non-hydrogen) atoms. The van der Waals surface area contributed by atoms with Crippen molar-refractivity contribution < 1.29 is 18.0 Å². The van der Waals surface area contributed by atoms with Gasteiger partial charge in [-0.2, -0.15) is 4.31 Å². The van der Waals surface area contributed by atoms with Crippen molar-refractivity contribution in [2.75, 3.05) is 23.7 Å². The highest BCUT2D eigenvalue weighted by Crippen LogP contribution is 2.28. The smallest absolute Gasteiger partial charge is 0.267 e. The molecule has 0 unspecified atom stereocenters. The second-order valence-corrected chi connectivity index (χ2v) is 9.57. The molecule has 1 aromatic carbocycles. The van der Waals surface area contributed by atoms with Crippen LogP contribution in [0.1, 0.15) is 41.4 Å². The van der Waals surface area contributed by atoms with Crippen LogP contribution in [-0.2, 0) is 14.8 Å². The first kappa shape index (κ1) is 20.5. The summed E-state index contributed by atoms with van der Waals surface area (Å²) in [6.45, 7) is 4.22. The van der Waals surface area contributed by atoms with Gasteiger partial charge >= 0.3 is 0 Å². The standard InChI is InChI=1S/C19H23N3O4S2/c1-13-12-15(6-7-16(13)20-14(2)23)21-19(24)18-17(8-11-27-18)28(25,26)22-9-4-3-5-10-22/h6-8,11-12H,3-5,9-10H2,1-2H3,(H,20,23)(H,21,24). The van der Waals surface area contributed by atoms with Gasteiger partial charge in [0.05, 0.1) is 0 Å². The Bertz CT molecular complexity index is 992. The fourth-order valence-electron chi connectivity index (χ4n) is 3.17. The highest BCUT2D eigenvalue weighted by Gasteiger charge is 2.31. The number of rotatable bonds is 5. The molecule has 2 N–H and O–H groups in total. The monoisotopic (exact) mass is 421 g/mol. The Hall–Kier alpha value is -2.23. The molecule has 0 aliphatic carbocycles. The molecule has 3 rings (SSSR count). The van der Waals surface area contributed by atoms with Gasteiger partial charge in [0.1, 0.15) is 9.77 Å². The van der Waals surface area contributed by atoms with E-state index in [9.17, 15) is 18.0 Å². The van der Waals surface area contributed by atoms with Gasteiger partial charge < -0.3 is 10.6 Å². The largest absolute Gasteiger partial charge is 0.326 e. The summed E-state index contributed by atoms with van der Waals surface area (Å²) in [5, 5.41) is 7.09. The van der Waals surface area contributed by atoms with Crippen molar-refractivity contribution in [1.29, 1.82) is 0 Å². The van der Waals surface area contributed by atoms with Gasteiger partial charge in [0.25, 0.3) is 5.91 Å². The summed E-state index contributed by atoms with van der Waals surface area (Å²) in [4.78, 5) is 24.2. The van der Waals surface area contributed by atoms with E-state index in [1.807, 2.05) is 6.92 Å². The number of thiophene rings is 1. The maximum atomic E-state index is 12.9. The molecule has 0 spiro atoms. The third kappa shape index (κ3) is 4.43. The summed E-state index contributed by atoms with van der Waals surface area (Å²) in [6.07, 6.45) is 2.70. The molecule has 2 aromatic rings. The molecule has 0 radical (unpaired) electrons. The second-order valence-electron chi connectivity index (χ2n) is 6.74. The number of piperidine rings is 1. The predicted molar refractivity (Wildman–Crippen MR) is 110 cm³/mol. The minimum atomic E-state index is -3.68. The zero-order chi connectivity index (χ0) is 20.3. The molecule has 9 heteroatoms. The Morgan fingerprint density at radius 3 is 2.43 bits per heavy atom. The zero-order valence-electron chi connectivity index (χ0n) is 15.8. The molecule has 0 bridgehead atoms. The van der Waals surface area contributed by atoms with Crippen LogP contribution in [0.15, 0.2) is 34.5 Å². The zero-order valence-corrected chi connectivity index (χ0v) is 17.5. The summed E-state index contributed by atoms with van der Waals surface area (Å²) < 4.78 is 27.3. The van der Waals surface area contributed by atoms with Crippen LogP contribution < -0.4 is 10.6 Å². The maximum absolute atomic E-state index is 12.9. The summed E-state index contributed by atoms with van der Waals surface area (Å²) in [7, 11) is -3.68. The van der Waals surface area contributed by atoms with Crippen LogP contribution in [0.3, 0.4) is 0 Å². The lowest BCUT2D eigenvalue weighted by molar-refractivity contribution is -0.114. The first-order chi connectivity index (χ1) is 13.3. The van der Waals surface area contributed by atoms with E-state index in [1.165, 1.54) is 17.3 Å². The van der Waals surface area contributed by atoms with E-state index in [0.717, 1.165) is 36.2 Å². The third-order valence-electron chi connectivity index (χ3n) is 4.56. The van der Waals surface area contributed by atoms with Crippen LogP contribution in [0, 0.1) is 6.92 Å². The maximum Gasteiger partial charge on any atom is 0.267 e. The van der Waals surface area contributed by atoms with E-state index in [-0.39, 0.29) is 15.7 Å². The van der Waals surface area contributed by atoms with E-state index in [1.54, 1.807) is 23.6 Å². The summed E-state index contributed by atoms with van der Waals surface area (Å²) >= 11 is 1.11. The van der Waals surface area contributed by atoms with Gasteiger partial charge in [0, 0.05) is 31.4 Å². The normalized spacial score (nSPS) is 15.2. The third-order valence-corrected chi connectivity index (χ3v) is 7.55. The minimum Gasteiger partial charge on any atom is -0.326 e. The average molecular weight is 422 g/mol. The summed E-state index contributed by atoms with van der Waals surface area (Å²) in [5.41, 5.74) is 1.99. The number of nitrogens with one attached hydrogen (secondary N) is 2. The van der Waals surface area contributed by atoms with Gasteiger partial charge in [-0.15, -0.1) is 11.3 Å². The summed E-state index contributed by atoms with van der Waals surface area (Å²) in [6, 6.07) is 6.60. The lowest BCUT2D eigenvalue weighted by Crippen LogP contribution is -2.36. The average Bonchev–Trinajstić information content (AvgIpc) is 3.15. The number of anilines is 2. The van der Waals surface area contributed by atoms with Crippen molar-refractivity contribution in [2.45, 2.75) is 38.0 Å². The molecular formula is C19H23N3O4S2. The minimum absolute atomic E-state index is 0.0588. The number of aryl methyl sites for hydroxylation is 1. The predicted octanol–water partition coefficient (Wildman–Crippen LogP) is 3.44. The highest BCUT2D eigenvalue weighted by molar-refractivity contribution is 7.89. The first-order valence-corrected chi connectivity index (χ1v) is 11.4. The van der Waals surface area contributed by atoms with Crippen molar-refractivity contribution in [3.63, 3.8) is 0 Å². The van der Waals surface area contributed by atoms with Gasteiger partial charge in [0.2, 0.25) is 15.9 Å². The van der Waals surface area contributed by atoms with Gasteiger partial charge in [-0.1, -0.05) is 6.42 Å². The molecule has 7 nitrogen and oxygen atoms in total. The highest BCUT2D eigenvalue weighted by atomic mass is 32.2. The van der Waals surface area contributed by atoms with Gasteiger partial charge in [-0.25, -0.2) is 8.42 Å². The Morgan fingerprint density at radius 2 is 1.79 bits per heavy atom. The molecule has 2 amide bonds. The SMILES string of the molecule is CC(=O)Nc1ccc(NC(=O)c2sccc2S(=O)(=O)N2CCCCC2)cc1C. The van der Waals surface area contributed by atoms with Crippen LogP contribution >= 0.6 is 11.3 Å². The molecular weight excluding hydrogens is 398 g/mol. The molecule has 150 valence electrons. The molecule has 0 saturated carbocycles. The number of hydrogen-bond acceptors (Lipinski definition) is 5. The Kier molecular flexibility index (Phi) is 6.17. The van der Waals surface area contributed by atoms with Crippen LogP contribution in [0.25, 0.3) is 0 Å². The van der Waals surface area contributed by atoms with Crippen molar-refractivity contribution in [1.82, 2.24) is 4.31 Å². The van der Waals surface area contributed by atoms with Crippen LogP contribution in [-0.4, -0.2) is 37.6 Å². The fraction of sp³-hybridized carbons (Fsp3) is 0.368. The summed E-state index contributed by atoms with van der Waals surface area (Å²) in [5.74, 6) is -0.636. The number of hydrogen-bond donors (Lipinski definition) is 2. The number of carbonyl (C=O) groups excluding carboxylic acids is 2. The van der Waals surface area contributed by atoms with Crippen molar-refractivity contribution in [3.8, 4) is 0 Å². The van der Waals surface area contributed by atoms with Crippen LogP contribution in [0.4, 0.5) is 11.4 Å². The van der Waals surface area contributed by atoms with Gasteiger partial charge in [0.15, 0.2) is 0 Å². The van der Waals surface area contributed by atoms with E-state index in [0.29, 0.717) is 24.5 Å². The number of benzene rings is 1. The molecule has 0 atom stereocenters. The van der Waals surface area contributed by atoms with E-state index in [4.69, 9.17) is 0 Å². The van der Waals surface area contributed by atoms with Crippen molar-refractivity contribution >= 4 is 44.5 Å². The Balaban J connectivity index is 1.80. The topological polar surface area (TPSA) is 95.6 Å². The molecule has 1 aliphatic rings. The van der Waals surface area contributed by atoms with E-state index >= 15 is 0 Å². The van der Waals surface area contributed by atoms with Crippen LogP contribution in [0.2, 0.25) is 0 Å².